The third-order valence-electron chi connectivity index (χ3n) is 2.10. The molecule has 0 atom stereocenters. The van der Waals surface area contributed by atoms with E-state index in [-0.39, 0.29) is 0 Å². The number of anilines is 1. The first kappa shape index (κ1) is 9.46. The van der Waals surface area contributed by atoms with Crippen molar-refractivity contribution in [3.63, 3.8) is 0 Å². The van der Waals surface area contributed by atoms with Crippen LogP contribution in [0.1, 0.15) is 0 Å². The average Bonchev–Trinajstić information content (AvgIpc) is 2.20. The van der Waals surface area contributed by atoms with Crippen LogP contribution in [0.5, 0.6) is 0 Å². The molecular formula is C12H10NPd+2. The third kappa shape index (κ3) is 1.72. The molecule has 0 saturated carbocycles. The first-order chi connectivity index (χ1) is 6.79. The quantitative estimate of drug-likeness (QED) is 0.626. The van der Waals surface area contributed by atoms with E-state index >= 15 is 0 Å². The van der Waals surface area contributed by atoms with Gasteiger partial charge in [-0.2, -0.15) is 0 Å². The molecular weight excluding hydrogens is 265 g/mol. The van der Waals surface area contributed by atoms with Crippen molar-refractivity contribution >= 4 is 9.72 Å². The van der Waals surface area contributed by atoms with Crippen LogP contribution in [0.4, 0.5) is 5.69 Å². The molecule has 14 heavy (non-hydrogen) atoms. The van der Waals surface area contributed by atoms with E-state index in [0.29, 0.717) is 0 Å². The van der Waals surface area contributed by atoms with Crippen LogP contribution >= 0.6 is 0 Å². The topological polar surface area (TPSA) is 26.0 Å². The fraction of sp³-hybridized carbons (Fsp3) is 0. The second kappa shape index (κ2) is 3.96. The van der Waals surface area contributed by atoms with Gasteiger partial charge in [-0.1, -0.05) is 0 Å². The van der Waals surface area contributed by atoms with E-state index in [9.17, 15) is 0 Å². The summed E-state index contributed by atoms with van der Waals surface area (Å²) in [6.45, 7) is 0. The Bertz CT molecular complexity index is 408. The summed E-state index contributed by atoms with van der Waals surface area (Å²) >= 11 is 3.23. The standard InChI is InChI=1S/C12H10N.Pd/c13-12-9-5-4-8-11(12)10-6-2-1-3-7-10;/h1-6,8-9H,13H2;/q;+2. The van der Waals surface area contributed by atoms with Gasteiger partial charge in [-0.25, -0.2) is 0 Å². The second-order valence-corrected chi connectivity index (χ2v) is 3.87. The SMILES string of the molecule is Nc1ccccc1-c1cccc[c]1[Pd+2]. The Balaban J connectivity index is 2.61. The molecule has 0 bridgehead atoms. The fourth-order valence-corrected chi connectivity index (χ4v) is 1.89. The Kier molecular flexibility index (Phi) is 2.67. The van der Waals surface area contributed by atoms with E-state index in [0.717, 1.165) is 20.9 Å². The van der Waals surface area contributed by atoms with Crippen molar-refractivity contribution in [1.29, 1.82) is 0 Å². The van der Waals surface area contributed by atoms with E-state index in [2.05, 4.69) is 25.3 Å². The predicted octanol–water partition coefficient (Wildman–Crippen LogP) is 2.11. The molecule has 0 heterocycles. The van der Waals surface area contributed by atoms with Gasteiger partial charge in [0.15, 0.2) is 0 Å². The van der Waals surface area contributed by atoms with E-state index in [1.54, 1.807) is 0 Å². The summed E-state index contributed by atoms with van der Waals surface area (Å²) in [6, 6.07) is 16.0. The summed E-state index contributed by atoms with van der Waals surface area (Å²) in [6.07, 6.45) is 0. The van der Waals surface area contributed by atoms with Crippen molar-refractivity contribution in [2.75, 3.05) is 5.73 Å². The first-order valence-electron chi connectivity index (χ1n) is 4.35. The van der Waals surface area contributed by atoms with Crippen LogP contribution in [-0.2, 0) is 19.2 Å². The Morgan fingerprint density at radius 1 is 0.786 bits per heavy atom. The summed E-state index contributed by atoms with van der Waals surface area (Å²) in [5, 5.41) is 0. The van der Waals surface area contributed by atoms with E-state index in [4.69, 9.17) is 5.73 Å². The Morgan fingerprint density at radius 3 is 2.00 bits per heavy atom. The molecule has 2 aromatic carbocycles. The Labute approximate surface area is 94.4 Å². The van der Waals surface area contributed by atoms with Gasteiger partial charge in [0, 0.05) is 0 Å². The molecule has 0 fully saturated rings. The number of benzene rings is 2. The molecule has 2 aromatic rings. The summed E-state index contributed by atoms with van der Waals surface area (Å²) in [4.78, 5) is 0. The van der Waals surface area contributed by atoms with E-state index < -0.39 is 0 Å². The average molecular weight is 275 g/mol. The number of nitrogens with two attached hydrogens (primary N) is 1. The molecule has 0 aromatic heterocycles. The summed E-state index contributed by atoms with van der Waals surface area (Å²) in [5.74, 6) is 0. The molecule has 0 saturated heterocycles. The van der Waals surface area contributed by atoms with Gasteiger partial charge in [0.2, 0.25) is 0 Å². The van der Waals surface area contributed by atoms with Crippen LogP contribution in [0.25, 0.3) is 11.1 Å². The number of nitrogen functional groups attached to an aromatic ring is 1. The summed E-state index contributed by atoms with van der Waals surface area (Å²) < 4.78 is 1.11. The van der Waals surface area contributed by atoms with Crippen molar-refractivity contribution in [3.8, 4) is 11.1 Å². The number of hydrogen-bond acceptors (Lipinski definition) is 1. The molecule has 0 unspecified atom stereocenters. The van der Waals surface area contributed by atoms with Crippen molar-refractivity contribution in [2.45, 2.75) is 0 Å². The van der Waals surface area contributed by atoms with Gasteiger partial charge < -0.3 is 0 Å². The zero-order valence-corrected chi connectivity index (χ0v) is 9.07. The fourth-order valence-electron chi connectivity index (χ4n) is 1.40. The molecule has 0 amide bonds. The molecule has 0 aliphatic heterocycles. The Morgan fingerprint density at radius 2 is 1.36 bits per heavy atom. The van der Waals surface area contributed by atoms with Gasteiger partial charge >= 0.3 is 94.3 Å². The molecule has 1 nitrogen and oxygen atoms in total. The van der Waals surface area contributed by atoms with Gasteiger partial charge in [-0.05, 0) is 0 Å². The third-order valence-corrected chi connectivity index (χ3v) is 2.78. The van der Waals surface area contributed by atoms with Gasteiger partial charge in [0.25, 0.3) is 0 Å². The summed E-state index contributed by atoms with van der Waals surface area (Å²) in [5.41, 5.74) is 8.94. The van der Waals surface area contributed by atoms with E-state index in [1.807, 2.05) is 42.5 Å². The molecule has 71 valence electrons. The number of para-hydroxylation sites is 1. The Hall–Kier alpha value is -1.10. The molecule has 0 radical (unpaired) electrons. The van der Waals surface area contributed by atoms with Crippen LogP contribution in [-0.4, -0.2) is 0 Å². The maximum absolute atomic E-state index is 5.90. The molecule has 2 heteroatoms. The normalized spacial score (nSPS) is 10.1. The van der Waals surface area contributed by atoms with Crippen LogP contribution in [0.3, 0.4) is 0 Å². The predicted molar refractivity (Wildman–Crippen MR) is 55.9 cm³/mol. The number of rotatable bonds is 1. The van der Waals surface area contributed by atoms with Gasteiger partial charge in [-0.3, -0.25) is 0 Å². The minimum absolute atomic E-state index is 0.811. The molecule has 2 rings (SSSR count). The monoisotopic (exact) mass is 274 g/mol. The molecule has 0 aliphatic rings. The van der Waals surface area contributed by atoms with Crippen LogP contribution in [0, 0.1) is 0 Å². The van der Waals surface area contributed by atoms with Crippen molar-refractivity contribution in [2.24, 2.45) is 0 Å². The van der Waals surface area contributed by atoms with Crippen LogP contribution in [0.15, 0.2) is 48.5 Å². The zero-order chi connectivity index (χ0) is 9.97. The van der Waals surface area contributed by atoms with Gasteiger partial charge in [0.1, 0.15) is 0 Å². The maximum atomic E-state index is 5.90. The van der Waals surface area contributed by atoms with Crippen molar-refractivity contribution < 1.29 is 19.2 Å². The van der Waals surface area contributed by atoms with Crippen LogP contribution in [0.2, 0.25) is 0 Å². The van der Waals surface area contributed by atoms with E-state index in [1.165, 1.54) is 0 Å². The second-order valence-electron chi connectivity index (χ2n) is 3.03. The summed E-state index contributed by atoms with van der Waals surface area (Å²) in [7, 11) is 0. The van der Waals surface area contributed by atoms with Crippen LogP contribution < -0.4 is 9.77 Å². The van der Waals surface area contributed by atoms with Gasteiger partial charge in [0.05, 0.1) is 0 Å². The first-order valence-corrected chi connectivity index (χ1v) is 5.13. The molecule has 0 aliphatic carbocycles. The zero-order valence-electron chi connectivity index (χ0n) is 7.51. The van der Waals surface area contributed by atoms with Crippen molar-refractivity contribution in [1.82, 2.24) is 0 Å². The van der Waals surface area contributed by atoms with Gasteiger partial charge in [-0.15, -0.1) is 0 Å². The molecule has 2 N–H and O–H groups in total. The molecule has 0 spiro atoms. The van der Waals surface area contributed by atoms with Crippen molar-refractivity contribution in [3.05, 3.63) is 48.5 Å². The number of hydrogen-bond donors (Lipinski definition) is 1. The minimum atomic E-state index is 0.811.